The quantitative estimate of drug-likeness (QED) is 0.860. The van der Waals surface area contributed by atoms with E-state index in [2.05, 4.69) is 5.32 Å². The van der Waals surface area contributed by atoms with E-state index >= 15 is 0 Å². The summed E-state index contributed by atoms with van der Waals surface area (Å²) in [5, 5.41) is 3.20. The third-order valence-corrected chi connectivity index (χ3v) is 5.13. The summed E-state index contributed by atoms with van der Waals surface area (Å²) in [6, 6.07) is 14.9. The van der Waals surface area contributed by atoms with Gasteiger partial charge in [-0.2, -0.15) is 0 Å². The topological polar surface area (TPSA) is 72.2 Å². The Balaban J connectivity index is 2.16. The van der Waals surface area contributed by atoms with Crippen molar-refractivity contribution in [2.75, 3.05) is 11.1 Å². The molecule has 0 saturated carbocycles. The van der Waals surface area contributed by atoms with Crippen molar-refractivity contribution in [2.24, 2.45) is 5.73 Å². The van der Waals surface area contributed by atoms with Crippen molar-refractivity contribution in [3.05, 3.63) is 59.7 Å². The van der Waals surface area contributed by atoms with Gasteiger partial charge in [0.15, 0.2) is 9.84 Å². The van der Waals surface area contributed by atoms with Crippen molar-refractivity contribution in [3.8, 4) is 0 Å². The zero-order valence-corrected chi connectivity index (χ0v) is 12.9. The SMILES string of the molecule is CCS(=O)(=O)c1ccccc1NCc1ccc(CN)cc1. The molecule has 0 atom stereocenters. The molecular weight excluding hydrogens is 284 g/mol. The van der Waals surface area contributed by atoms with Crippen LogP contribution >= 0.6 is 0 Å². The molecule has 2 rings (SSSR count). The van der Waals surface area contributed by atoms with Crippen LogP contribution in [0.15, 0.2) is 53.4 Å². The molecule has 0 unspecified atom stereocenters. The van der Waals surface area contributed by atoms with Crippen molar-refractivity contribution in [2.45, 2.75) is 24.9 Å². The lowest BCUT2D eigenvalue weighted by Crippen LogP contribution is -2.09. The Kier molecular flexibility index (Phi) is 4.98. The van der Waals surface area contributed by atoms with E-state index in [9.17, 15) is 8.42 Å². The number of anilines is 1. The van der Waals surface area contributed by atoms with Crippen LogP contribution in [0.4, 0.5) is 5.69 Å². The van der Waals surface area contributed by atoms with E-state index < -0.39 is 9.84 Å². The van der Waals surface area contributed by atoms with Crippen LogP contribution in [0.2, 0.25) is 0 Å². The predicted molar refractivity (Wildman–Crippen MR) is 85.8 cm³/mol. The molecule has 0 heterocycles. The van der Waals surface area contributed by atoms with Gasteiger partial charge in [0.25, 0.3) is 0 Å². The fraction of sp³-hybridized carbons (Fsp3) is 0.250. The lowest BCUT2D eigenvalue weighted by Gasteiger charge is -2.12. The van der Waals surface area contributed by atoms with Crippen LogP contribution in [0, 0.1) is 0 Å². The Morgan fingerprint density at radius 1 is 1.00 bits per heavy atom. The second kappa shape index (κ2) is 6.74. The minimum Gasteiger partial charge on any atom is -0.380 e. The Morgan fingerprint density at radius 2 is 1.62 bits per heavy atom. The van der Waals surface area contributed by atoms with E-state index in [0.29, 0.717) is 23.7 Å². The number of benzene rings is 2. The van der Waals surface area contributed by atoms with Crippen LogP contribution in [0.5, 0.6) is 0 Å². The van der Waals surface area contributed by atoms with Crippen LogP contribution in [-0.4, -0.2) is 14.2 Å². The third-order valence-electron chi connectivity index (χ3n) is 3.34. The fourth-order valence-corrected chi connectivity index (χ4v) is 3.10. The summed E-state index contributed by atoms with van der Waals surface area (Å²) in [5.41, 5.74) is 8.36. The summed E-state index contributed by atoms with van der Waals surface area (Å²) < 4.78 is 24.1. The molecule has 2 aromatic carbocycles. The van der Waals surface area contributed by atoms with Gasteiger partial charge in [0.05, 0.1) is 16.3 Å². The van der Waals surface area contributed by atoms with Gasteiger partial charge in [0.1, 0.15) is 0 Å². The lowest BCUT2D eigenvalue weighted by atomic mass is 10.1. The molecule has 0 saturated heterocycles. The first-order valence-corrected chi connectivity index (χ1v) is 8.55. The summed E-state index contributed by atoms with van der Waals surface area (Å²) in [6.07, 6.45) is 0. The van der Waals surface area contributed by atoms with E-state index in [1.165, 1.54) is 0 Å². The van der Waals surface area contributed by atoms with Crippen LogP contribution in [-0.2, 0) is 22.9 Å². The molecule has 0 bridgehead atoms. The van der Waals surface area contributed by atoms with Gasteiger partial charge in [-0.15, -0.1) is 0 Å². The standard InChI is InChI=1S/C16H20N2O2S/c1-2-21(19,20)16-6-4-3-5-15(16)18-12-14-9-7-13(11-17)8-10-14/h3-10,18H,2,11-12,17H2,1H3. The van der Waals surface area contributed by atoms with Crippen molar-refractivity contribution in [1.29, 1.82) is 0 Å². The number of para-hydroxylation sites is 1. The summed E-state index contributed by atoms with van der Waals surface area (Å²) in [4.78, 5) is 0.353. The second-order valence-corrected chi connectivity index (χ2v) is 7.02. The zero-order valence-electron chi connectivity index (χ0n) is 12.0. The van der Waals surface area contributed by atoms with Crippen molar-refractivity contribution in [3.63, 3.8) is 0 Å². The molecule has 0 aliphatic heterocycles. The van der Waals surface area contributed by atoms with Crippen LogP contribution in [0.3, 0.4) is 0 Å². The van der Waals surface area contributed by atoms with Crippen molar-refractivity contribution >= 4 is 15.5 Å². The van der Waals surface area contributed by atoms with Crippen molar-refractivity contribution in [1.82, 2.24) is 0 Å². The first kappa shape index (κ1) is 15.5. The predicted octanol–water partition coefficient (Wildman–Crippen LogP) is 2.55. The molecule has 0 fully saturated rings. The first-order chi connectivity index (χ1) is 10.1. The Hall–Kier alpha value is -1.85. The summed E-state index contributed by atoms with van der Waals surface area (Å²) in [5.74, 6) is 0.0941. The maximum absolute atomic E-state index is 12.1. The van der Waals surface area contributed by atoms with E-state index in [4.69, 9.17) is 5.73 Å². The number of hydrogen-bond acceptors (Lipinski definition) is 4. The average Bonchev–Trinajstić information content (AvgIpc) is 2.53. The molecule has 0 aliphatic rings. The third kappa shape index (κ3) is 3.83. The number of hydrogen-bond donors (Lipinski definition) is 2. The van der Waals surface area contributed by atoms with Crippen LogP contribution < -0.4 is 11.1 Å². The van der Waals surface area contributed by atoms with E-state index in [0.717, 1.165) is 11.1 Å². The van der Waals surface area contributed by atoms with Gasteiger partial charge in [0.2, 0.25) is 0 Å². The molecule has 5 heteroatoms. The maximum atomic E-state index is 12.1. The maximum Gasteiger partial charge on any atom is 0.180 e. The highest BCUT2D eigenvalue weighted by Crippen LogP contribution is 2.22. The Bertz CT molecular complexity index is 694. The number of nitrogens with one attached hydrogen (secondary N) is 1. The smallest absolute Gasteiger partial charge is 0.180 e. The van der Waals surface area contributed by atoms with E-state index in [1.807, 2.05) is 30.3 Å². The zero-order chi connectivity index (χ0) is 15.3. The number of sulfone groups is 1. The normalized spacial score (nSPS) is 11.3. The highest BCUT2D eigenvalue weighted by atomic mass is 32.2. The van der Waals surface area contributed by atoms with Gasteiger partial charge in [0, 0.05) is 13.1 Å². The molecule has 3 N–H and O–H groups in total. The van der Waals surface area contributed by atoms with E-state index in [-0.39, 0.29) is 5.75 Å². The average molecular weight is 304 g/mol. The monoisotopic (exact) mass is 304 g/mol. The molecule has 2 aromatic rings. The van der Waals surface area contributed by atoms with Gasteiger partial charge >= 0.3 is 0 Å². The molecule has 0 spiro atoms. The highest BCUT2D eigenvalue weighted by Gasteiger charge is 2.15. The lowest BCUT2D eigenvalue weighted by molar-refractivity contribution is 0.597. The minimum atomic E-state index is -3.22. The molecule has 112 valence electrons. The summed E-state index contributed by atoms with van der Waals surface area (Å²) in [7, 11) is -3.22. The molecule has 0 aliphatic carbocycles. The number of nitrogens with two attached hydrogens (primary N) is 1. The second-order valence-electron chi connectivity index (χ2n) is 4.77. The van der Waals surface area contributed by atoms with Crippen LogP contribution in [0.1, 0.15) is 18.1 Å². The van der Waals surface area contributed by atoms with Gasteiger partial charge in [-0.25, -0.2) is 8.42 Å². The molecule has 4 nitrogen and oxygen atoms in total. The van der Waals surface area contributed by atoms with Gasteiger partial charge in [-0.1, -0.05) is 43.3 Å². The molecule has 0 aromatic heterocycles. The van der Waals surface area contributed by atoms with Gasteiger partial charge in [-0.3, -0.25) is 0 Å². The minimum absolute atomic E-state index is 0.0941. The fourth-order valence-electron chi connectivity index (χ4n) is 2.03. The molecule has 0 amide bonds. The van der Waals surface area contributed by atoms with Crippen LogP contribution in [0.25, 0.3) is 0 Å². The van der Waals surface area contributed by atoms with Crippen molar-refractivity contribution < 1.29 is 8.42 Å². The highest BCUT2D eigenvalue weighted by molar-refractivity contribution is 7.91. The van der Waals surface area contributed by atoms with Gasteiger partial charge in [-0.05, 0) is 23.3 Å². The Labute approximate surface area is 125 Å². The molecule has 21 heavy (non-hydrogen) atoms. The first-order valence-electron chi connectivity index (χ1n) is 6.90. The van der Waals surface area contributed by atoms with Gasteiger partial charge < -0.3 is 11.1 Å². The number of rotatable bonds is 6. The van der Waals surface area contributed by atoms with E-state index in [1.54, 1.807) is 25.1 Å². The molecule has 0 radical (unpaired) electrons. The molecular formula is C16H20N2O2S. The Morgan fingerprint density at radius 3 is 2.24 bits per heavy atom. The summed E-state index contributed by atoms with van der Waals surface area (Å²) in [6.45, 7) is 2.74. The summed E-state index contributed by atoms with van der Waals surface area (Å²) >= 11 is 0. The largest absolute Gasteiger partial charge is 0.380 e.